The zero-order valence-electron chi connectivity index (χ0n) is 10.5. The van der Waals surface area contributed by atoms with Gasteiger partial charge in [-0.1, -0.05) is 30.3 Å². The Bertz CT molecular complexity index is 794. The van der Waals surface area contributed by atoms with Crippen LogP contribution in [0, 0.1) is 0 Å². The van der Waals surface area contributed by atoms with E-state index in [9.17, 15) is 4.79 Å². The summed E-state index contributed by atoms with van der Waals surface area (Å²) in [5, 5.41) is 0.548. The summed E-state index contributed by atoms with van der Waals surface area (Å²) in [6, 6.07) is 16.3. The van der Waals surface area contributed by atoms with Crippen LogP contribution in [0.5, 0.6) is 5.75 Å². The molecule has 0 bridgehead atoms. The van der Waals surface area contributed by atoms with Crippen molar-refractivity contribution in [3.8, 4) is 17.1 Å². The summed E-state index contributed by atoms with van der Waals surface area (Å²) >= 11 is 3.20. The van der Waals surface area contributed by atoms with E-state index in [1.165, 1.54) is 6.07 Å². The molecule has 20 heavy (non-hydrogen) atoms. The third-order valence-corrected chi connectivity index (χ3v) is 3.21. The molecule has 0 spiro atoms. The molecule has 0 radical (unpaired) electrons. The number of rotatable bonds is 3. The first-order valence-electron chi connectivity index (χ1n) is 6.10. The van der Waals surface area contributed by atoms with Gasteiger partial charge in [-0.15, -0.1) is 0 Å². The predicted octanol–water partition coefficient (Wildman–Crippen LogP) is 4.19. The number of hydrogen-bond acceptors (Lipinski definition) is 3. The Morgan fingerprint density at radius 2 is 1.85 bits per heavy atom. The Hall–Kier alpha value is -2.07. The van der Waals surface area contributed by atoms with Crippen LogP contribution >= 0.6 is 15.9 Å². The van der Waals surface area contributed by atoms with Crippen LogP contribution in [0.1, 0.15) is 0 Å². The van der Waals surface area contributed by atoms with Crippen LogP contribution in [-0.4, -0.2) is 5.52 Å². The van der Waals surface area contributed by atoms with E-state index in [1.807, 2.05) is 30.3 Å². The molecule has 2 aromatic carbocycles. The molecule has 3 aromatic rings. The Morgan fingerprint density at radius 3 is 2.60 bits per heavy atom. The van der Waals surface area contributed by atoms with Crippen LogP contribution in [0.2, 0.25) is 0 Å². The molecule has 100 valence electrons. The zero-order valence-corrected chi connectivity index (χ0v) is 12.1. The number of halogens is 1. The highest BCUT2D eigenvalue weighted by Gasteiger charge is 2.07. The normalized spacial score (nSPS) is 10.7. The number of benzene rings is 2. The largest absolute Gasteiger partial charge is 0.482 e. The molecule has 0 fully saturated rings. The van der Waals surface area contributed by atoms with Gasteiger partial charge in [0.2, 0.25) is 0 Å². The van der Waals surface area contributed by atoms with Crippen LogP contribution in [-0.2, 0) is 0 Å². The van der Waals surface area contributed by atoms with E-state index in [-0.39, 0.29) is 5.43 Å². The SMILES string of the molecule is O=c1cc(-c2ccccc2)oc2cc(OCBr)ccc12. The minimum absolute atomic E-state index is 0.0597. The Balaban J connectivity index is 2.19. The fourth-order valence-electron chi connectivity index (χ4n) is 2.03. The van der Waals surface area contributed by atoms with Crippen LogP contribution in [0.15, 0.2) is 63.8 Å². The number of alkyl halides is 1. The van der Waals surface area contributed by atoms with Crippen LogP contribution in [0.3, 0.4) is 0 Å². The lowest BCUT2D eigenvalue weighted by molar-refractivity contribution is 0.397. The Labute approximate surface area is 123 Å². The first-order valence-corrected chi connectivity index (χ1v) is 7.22. The van der Waals surface area contributed by atoms with E-state index in [2.05, 4.69) is 15.9 Å². The van der Waals surface area contributed by atoms with E-state index in [4.69, 9.17) is 9.15 Å². The van der Waals surface area contributed by atoms with Gasteiger partial charge in [0.1, 0.15) is 22.6 Å². The van der Waals surface area contributed by atoms with Crippen molar-refractivity contribution in [3.63, 3.8) is 0 Å². The van der Waals surface area contributed by atoms with Gasteiger partial charge in [0.05, 0.1) is 5.39 Å². The molecule has 0 aliphatic rings. The molecule has 3 nitrogen and oxygen atoms in total. The smallest absolute Gasteiger partial charge is 0.193 e. The molecule has 0 N–H and O–H groups in total. The molecule has 0 unspecified atom stereocenters. The standard InChI is InChI=1S/C16H11BrO3/c17-10-19-12-6-7-13-14(18)9-15(20-16(13)8-12)11-4-2-1-3-5-11/h1-9H,10H2. The van der Waals surface area contributed by atoms with E-state index >= 15 is 0 Å². The second-order valence-electron chi connectivity index (χ2n) is 4.25. The maximum absolute atomic E-state index is 12.1. The summed E-state index contributed by atoms with van der Waals surface area (Å²) in [6.07, 6.45) is 0. The van der Waals surface area contributed by atoms with Crippen molar-refractivity contribution in [1.29, 1.82) is 0 Å². The third kappa shape index (κ3) is 2.47. The van der Waals surface area contributed by atoms with Gasteiger partial charge in [0.25, 0.3) is 0 Å². The minimum atomic E-state index is -0.0597. The summed E-state index contributed by atoms with van der Waals surface area (Å²) in [7, 11) is 0. The molecule has 1 heterocycles. The van der Waals surface area contributed by atoms with Gasteiger partial charge in [0, 0.05) is 17.7 Å². The summed E-state index contributed by atoms with van der Waals surface area (Å²) in [5.74, 6) is 1.21. The Morgan fingerprint density at radius 1 is 1.05 bits per heavy atom. The first kappa shape index (κ1) is 12.9. The summed E-state index contributed by atoms with van der Waals surface area (Å²) in [4.78, 5) is 12.1. The van der Waals surface area contributed by atoms with Crippen molar-refractivity contribution in [3.05, 3.63) is 64.8 Å². The zero-order chi connectivity index (χ0) is 13.9. The third-order valence-electron chi connectivity index (χ3n) is 2.98. The minimum Gasteiger partial charge on any atom is -0.482 e. The summed E-state index contributed by atoms with van der Waals surface area (Å²) in [5.41, 5.74) is 1.73. The number of fused-ring (bicyclic) bond motifs is 1. The van der Waals surface area contributed by atoms with Crippen molar-refractivity contribution in [2.24, 2.45) is 0 Å². The van der Waals surface area contributed by atoms with Gasteiger partial charge in [-0.3, -0.25) is 4.79 Å². The van der Waals surface area contributed by atoms with Gasteiger partial charge >= 0.3 is 0 Å². The van der Waals surface area contributed by atoms with E-state index in [0.29, 0.717) is 28.0 Å². The molecule has 0 aliphatic carbocycles. The lowest BCUT2D eigenvalue weighted by atomic mass is 10.1. The molecule has 0 atom stereocenters. The monoisotopic (exact) mass is 330 g/mol. The van der Waals surface area contributed by atoms with Crippen LogP contribution in [0.25, 0.3) is 22.3 Å². The molecule has 3 rings (SSSR count). The quantitative estimate of drug-likeness (QED) is 0.676. The van der Waals surface area contributed by atoms with Crippen molar-refractivity contribution < 1.29 is 9.15 Å². The van der Waals surface area contributed by atoms with Gasteiger partial charge in [-0.2, -0.15) is 0 Å². The second-order valence-corrected chi connectivity index (χ2v) is 4.71. The molecule has 4 heteroatoms. The summed E-state index contributed by atoms with van der Waals surface area (Å²) < 4.78 is 11.2. The van der Waals surface area contributed by atoms with Crippen molar-refractivity contribution in [1.82, 2.24) is 0 Å². The predicted molar refractivity (Wildman–Crippen MR) is 82.3 cm³/mol. The number of hydrogen-bond donors (Lipinski definition) is 0. The first-order chi connectivity index (χ1) is 9.78. The average Bonchev–Trinajstić information content (AvgIpc) is 2.48. The second kappa shape index (κ2) is 5.51. The highest BCUT2D eigenvalue weighted by Crippen LogP contribution is 2.24. The van der Waals surface area contributed by atoms with Gasteiger partial charge in [0.15, 0.2) is 5.43 Å². The maximum atomic E-state index is 12.1. The van der Waals surface area contributed by atoms with Gasteiger partial charge < -0.3 is 9.15 Å². The van der Waals surface area contributed by atoms with Crippen LogP contribution in [0.4, 0.5) is 0 Å². The van der Waals surface area contributed by atoms with E-state index < -0.39 is 0 Å². The van der Waals surface area contributed by atoms with E-state index in [1.54, 1.807) is 18.2 Å². The molecular weight excluding hydrogens is 320 g/mol. The lowest BCUT2D eigenvalue weighted by Gasteiger charge is -2.05. The average molecular weight is 331 g/mol. The van der Waals surface area contributed by atoms with E-state index in [0.717, 1.165) is 5.56 Å². The maximum Gasteiger partial charge on any atom is 0.193 e. The molecule has 1 aromatic heterocycles. The van der Waals surface area contributed by atoms with Gasteiger partial charge in [-0.05, 0) is 28.1 Å². The fraction of sp³-hybridized carbons (Fsp3) is 0.0625. The molecule has 0 saturated heterocycles. The van der Waals surface area contributed by atoms with Crippen molar-refractivity contribution >= 4 is 26.9 Å². The van der Waals surface area contributed by atoms with Crippen molar-refractivity contribution in [2.45, 2.75) is 0 Å². The Kier molecular flexibility index (Phi) is 3.56. The van der Waals surface area contributed by atoms with Crippen molar-refractivity contribution in [2.75, 3.05) is 5.52 Å². The fourth-order valence-corrected chi connectivity index (χ4v) is 2.30. The topological polar surface area (TPSA) is 39.4 Å². The molecule has 0 amide bonds. The molecular formula is C16H11BrO3. The van der Waals surface area contributed by atoms with Gasteiger partial charge in [-0.25, -0.2) is 0 Å². The lowest BCUT2D eigenvalue weighted by Crippen LogP contribution is -2.00. The molecule has 0 aliphatic heterocycles. The number of ether oxygens (including phenoxy) is 1. The summed E-state index contributed by atoms with van der Waals surface area (Å²) in [6.45, 7) is 0. The van der Waals surface area contributed by atoms with Crippen LogP contribution < -0.4 is 10.2 Å². The molecule has 0 saturated carbocycles. The highest BCUT2D eigenvalue weighted by atomic mass is 79.9. The highest BCUT2D eigenvalue weighted by molar-refractivity contribution is 9.09.